The minimum atomic E-state index is -3.25. The molecule has 0 fully saturated rings. The van der Waals surface area contributed by atoms with Crippen molar-refractivity contribution < 1.29 is 18.3 Å². The lowest BCUT2D eigenvalue weighted by molar-refractivity contribution is -0.0119. The summed E-state index contributed by atoms with van der Waals surface area (Å²) in [4.78, 5) is 0. The Morgan fingerprint density at radius 1 is 1.50 bits per heavy atom. The second-order valence-corrected chi connectivity index (χ2v) is 5.50. The van der Waals surface area contributed by atoms with Gasteiger partial charge in [0, 0.05) is 13.7 Å². The van der Waals surface area contributed by atoms with Crippen molar-refractivity contribution in [3.8, 4) is 0 Å². The van der Waals surface area contributed by atoms with E-state index in [1.54, 1.807) is 6.92 Å². The van der Waals surface area contributed by atoms with Crippen LogP contribution < -0.4 is 4.72 Å². The third-order valence-corrected chi connectivity index (χ3v) is 3.13. The summed E-state index contributed by atoms with van der Waals surface area (Å²) in [6, 6.07) is 0. The average Bonchev–Trinajstić information content (AvgIpc) is 2.01. The molecule has 5 nitrogen and oxygen atoms in total. The molecule has 0 rings (SSSR count). The minimum Gasteiger partial charge on any atom is -0.386 e. The fraction of sp³-hybridized carbons (Fsp3) is 1.00. The summed E-state index contributed by atoms with van der Waals surface area (Å²) in [6.45, 7) is 3.38. The highest BCUT2D eigenvalue weighted by atomic mass is 32.2. The Hall–Kier alpha value is -0.170. The first-order valence-corrected chi connectivity index (χ1v) is 6.17. The van der Waals surface area contributed by atoms with Crippen molar-refractivity contribution in [3.05, 3.63) is 0 Å². The van der Waals surface area contributed by atoms with Crippen LogP contribution in [0, 0.1) is 0 Å². The average molecular weight is 225 g/mol. The van der Waals surface area contributed by atoms with E-state index >= 15 is 0 Å². The summed E-state index contributed by atoms with van der Waals surface area (Å²) in [7, 11) is -1.80. The predicted molar refractivity (Wildman–Crippen MR) is 54.6 cm³/mol. The molecule has 0 heterocycles. The molecule has 0 saturated heterocycles. The Bertz CT molecular complexity index is 248. The lowest BCUT2D eigenvalue weighted by Crippen LogP contribution is -2.44. The van der Waals surface area contributed by atoms with Gasteiger partial charge >= 0.3 is 0 Å². The molecule has 0 aliphatic heterocycles. The van der Waals surface area contributed by atoms with E-state index in [0.29, 0.717) is 6.42 Å². The monoisotopic (exact) mass is 225 g/mol. The molecule has 1 atom stereocenters. The Kier molecular flexibility index (Phi) is 5.58. The molecule has 6 heteroatoms. The van der Waals surface area contributed by atoms with Gasteiger partial charge in [-0.25, -0.2) is 13.1 Å². The highest BCUT2D eigenvalue weighted by Crippen LogP contribution is 2.02. The zero-order valence-corrected chi connectivity index (χ0v) is 9.73. The summed E-state index contributed by atoms with van der Waals surface area (Å²) in [5, 5.41) is 9.59. The van der Waals surface area contributed by atoms with Gasteiger partial charge in [-0.1, -0.05) is 6.92 Å². The number of rotatable bonds is 7. The van der Waals surface area contributed by atoms with Crippen molar-refractivity contribution in [1.82, 2.24) is 4.72 Å². The Balaban J connectivity index is 4.04. The van der Waals surface area contributed by atoms with Gasteiger partial charge in [0.2, 0.25) is 10.0 Å². The van der Waals surface area contributed by atoms with E-state index in [1.165, 1.54) is 14.0 Å². The summed E-state index contributed by atoms with van der Waals surface area (Å²) in [5.41, 5.74) is -1.16. The topological polar surface area (TPSA) is 75.6 Å². The Morgan fingerprint density at radius 2 is 2.07 bits per heavy atom. The lowest BCUT2D eigenvalue weighted by atomic mass is 10.1. The quantitative estimate of drug-likeness (QED) is 0.624. The first-order chi connectivity index (χ1) is 6.33. The van der Waals surface area contributed by atoms with Gasteiger partial charge in [-0.2, -0.15) is 0 Å². The first kappa shape index (κ1) is 13.8. The van der Waals surface area contributed by atoms with Crippen molar-refractivity contribution in [2.24, 2.45) is 0 Å². The molecular formula is C8H19NO4S. The zero-order chi connectivity index (χ0) is 11.2. The van der Waals surface area contributed by atoms with Crippen LogP contribution in [0.3, 0.4) is 0 Å². The molecule has 2 N–H and O–H groups in total. The van der Waals surface area contributed by atoms with E-state index in [1.807, 2.05) is 0 Å². The SMILES string of the molecule is CCCS(=O)(=O)NC[C@@](C)(O)COC. The van der Waals surface area contributed by atoms with Crippen molar-refractivity contribution in [1.29, 1.82) is 0 Å². The number of hydrogen-bond acceptors (Lipinski definition) is 4. The molecule has 0 spiro atoms. The van der Waals surface area contributed by atoms with Crippen LogP contribution in [-0.2, 0) is 14.8 Å². The van der Waals surface area contributed by atoms with E-state index in [9.17, 15) is 13.5 Å². The fourth-order valence-corrected chi connectivity index (χ4v) is 2.18. The lowest BCUT2D eigenvalue weighted by Gasteiger charge is -2.22. The van der Waals surface area contributed by atoms with E-state index in [-0.39, 0.29) is 18.9 Å². The van der Waals surface area contributed by atoms with Gasteiger partial charge in [0.15, 0.2) is 0 Å². The maximum atomic E-state index is 11.2. The van der Waals surface area contributed by atoms with Crippen molar-refractivity contribution in [2.45, 2.75) is 25.9 Å². The smallest absolute Gasteiger partial charge is 0.211 e. The van der Waals surface area contributed by atoms with Gasteiger partial charge in [-0.05, 0) is 13.3 Å². The molecule has 14 heavy (non-hydrogen) atoms. The molecule has 0 radical (unpaired) electrons. The molecule has 0 aromatic heterocycles. The Morgan fingerprint density at radius 3 is 2.50 bits per heavy atom. The Labute approximate surface area is 85.5 Å². The molecule has 0 aromatic carbocycles. The van der Waals surface area contributed by atoms with Crippen LogP contribution in [0.5, 0.6) is 0 Å². The standard InChI is InChI=1S/C8H19NO4S/c1-4-5-14(11,12)9-6-8(2,10)7-13-3/h9-10H,4-7H2,1-3H3/t8-/m1/s1. The van der Waals surface area contributed by atoms with E-state index < -0.39 is 15.6 Å². The fourth-order valence-electron chi connectivity index (χ4n) is 0.968. The second-order valence-electron chi connectivity index (χ2n) is 3.57. The summed E-state index contributed by atoms with van der Waals surface area (Å²) >= 11 is 0. The highest BCUT2D eigenvalue weighted by molar-refractivity contribution is 7.89. The third-order valence-electron chi connectivity index (χ3n) is 1.60. The van der Waals surface area contributed by atoms with Crippen LogP contribution >= 0.6 is 0 Å². The number of aliphatic hydroxyl groups is 1. The van der Waals surface area contributed by atoms with Gasteiger partial charge in [0.05, 0.1) is 18.0 Å². The van der Waals surface area contributed by atoms with Gasteiger partial charge in [-0.3, -0.25) is 0 Å². The van der Waals surface area contributed by atoms with Gasteiger partial charge < -0.3 is 9.84 Å². The number of sulfonamides is 1. The van der Waals surface area contributed by atoms with Crippen molar-refractivity contribution in [2.75, 3.05) is 26.0 Å². The minimum absolute atomic E-state index is 0.0246. The van der Waals surface area contributed by atoms with Crippen molar-refractivity contribution in [3.63, 3.8) is 0 Å². The normalized spacial score (nSPS) is 16.6. The molecule has 0 aromatic rings. The summed E-state index contributed by atoms with van der Waals surface area (Å²) < 4.78 is 29.5. The molecule has 86 valence electrons. The number of hydrogen-bond donors (Lipinski definition) is 2. The predicted octanol–water partition coefficient (Wildman–Crippen LogP) is -0.287. The molecule has 0 amide bonds. The molecule has 0 unspecified atom stereocenters. The van der Waals surface area contributed by atoms with Crippen LogP contribution in [0.15, 0.2) is 0 Å². The summed E-state index contributed by atoms with van der Waals surface area (Å²) in [6.07, 6.45) is 0.557. The maximum Gasteiger partial charge on any atom is 0.211 e. The van der Waals surface area contributed by atoms with Crippen LogP contribution in [0.4, 0.5) is 0 Å². The van der Waals surface area contributed by atoms with Gasteiger partial charge in [0.25, 0.3) is 0 Å². The second kappa shape index (κ2) is 5.65. The number of ether oxygens (including phenoxy) is 1. The maximum absolute atomic E-state index is 11.2. The van der Waals surface area contributed by atoms with Crippen LogP contribution in [0.1, 0.15) is 20.3 Å². The highest BCUT2D eigenvalue weighted by Gasteiger charge is 2.22. The zero-order valence-electron chi connectivity index (χ0n) is 8.91. The van der Waals surface area contributed by atoms with Gasteiger partial charge in [-0.15, -0.1) is 0 Å². The molecule has 0 saturated carbocycles. The van der Waals surface area contributed by atoms with Crippen molar-refractivity contribution >= 4 is 10.0 Å². The third kappa shape index (κ3) is 6.31. The van der Waals surface area contributed by atoms with Crippen LogP contribution in [0.25, 0.3) is 0 Å². The van der Waals surface area contributed by atoms with E-state index in [4.69, 9.17) is 4.74 Å². The molecule has 0 aliphatic rings. The largest absolute Gasteiger partial charge is 0.386 e. The summed E-state index contributed by atoms with van der Waals surface area (Å²) in [5.74, 6) is 0.0794. The van der Waals surface area contributed by atoms with Gasteiger partial charge in [0.1, 0.15) is 0 Å². The number of nitrogens with one attached hydrogen (secondary N) is 1. The molecular weight excluding hydrogens is 206 g/mol. The molecule has 0 aliphatic carbocycles. The first-order valence-electron chi connectivity index (χ1n) is 4.51. The number of methoxy groups -OCH3 is 1. The van der Waals surface area contributed by atoms with E-state index in [0.717, 1.165) is 0 Å². The van der Waals surface area contributed by atoms with E-state index in [2.05, 4.69) is 4.72 Å². The molecule has 0 bridgehead atoms. The van der Waals surface area contributed by atoms with Crippen LogP contribution in [0.2, 0.25) is 0 Å². The van der Waals surface area contributed by atoms with Crippen LogP contribution in [-0.4, -0.2) is 45.1 Å².